The molecule has 104 valence electrons. The number of ketones is 1. The van der Waals surface area contributed by atoms with Crippen LogP contribution >= 0.6 is 0 Å². The average molecular weight is 259 g/mol. The van der Waals surface area contributed by atoms with Gasteiger partial charge in [0, 0.05) is 17.6 Å². The van der Waals surface area contributed by atoms with Crippen LogP contribution in [0.25, 0.3) is 0 Å². The minimum absolute atomic E-state index is 0.272. The van der Waals surface area contributed by atoms with E-state index in [-0.39, 0.29) is 5.78 Å². The van der Waals surface area contributed by atoms with E-state index in [2.05, 4.69) is 24.8 Å². The fraction of sp³-hybridized carbons (Fsp3) is 0.588. The second-order valence-electron chi connectivity index (χ2n) is 5.90. The molecule has 0 spiro atoms. The van der Waals surface area contributed by atoms with Gasteiger partial charge in [0.05, 0.1) is 6.54 Å². The molecule has 0 aliphatic carbocycles. The molecule has 0 N–H and O–H groups in total. The maximum absolute atomic E-state index is 12.5. The molecular formula is C17H25NO. The normalized spacial score (nSPS) is 23.8. The predicted molar refractivity (Wildman–Crippen MR) is 79.7 cm³/mol. The van der Waals surface area contributed by atoms with Crippen LogP contribution in [0.15, 0.2) is 18.2 Å². The van der Waals surface area contributed by atoms with Crippen molar-refractivity contribution in [1.82, 2.24) is 4.90 Å². The lowest BCUT2D eigenvalue weighted by molar-refractivity contribution is 0.0888. The Labute approximate surface area is 116 Å². The summed E-state index contributed by atoms with van der Waals surface area (Å²) in [7, 11) is 0. The standard InChI is InChI=1S/C17H25NO/c1-5-15-9-8-14(4)18(15)11-17(19)16-10-12(2)6-7-13(16)3/h6-7,10,14-15H,5,8-9,11H2,1-4H3. The zero-order chi connectivity index (χ0) is 14.0. The first-order valence-electron chi connectivity index (χ1n) is 7.39. The molecule has 2 nitrogen and oxygen atoms in total. The van der Waals surface area contributed by atoms with Crippen LogP contribution in [0.5, 0.6) is 0 Å². The number of Topliss-reactive ketones (excluding diaryl/α,β-unsaturated/α-hetero) is 1. The van der Waals surface area contributed by atoms with Crippen LogP contribution in [0.3, 0.4) is 0 Å². The minimum Gasteiger partial charge on any atom is -0.293 e. The highest BCUT2D eigenvalue weighted by atomic mass is 16.1. The number of hydrogen-bond donors (Lipinski definition) is 0. The monoisotopic (exact) mass is 259 g/mol. The van der Waals surface area contributed by atoms with Crippen LogP contribution in [0, 0.1) is 13.8 Å². The Bertz CT molecular complexity index is 466. The summed E-state index contributed by atoms with van der Waals surface area (Å²) in [6.07, 6.45) is 3.60. The third-order valence-corrected chi connectivity index (χ3v) is 4.44. The van der Waals surface area contributed by atoms with E-state index in [1.54, 1.807) is 0 Å². The van der Waals surface area contributed by atoms with E-state index < -0.39 is 0 Å². The largest absolute Gasteiger partial charge is 0.293 e. The lowest BCUT2D eigenvalue weighted by Gasteiger charge is -2.27. The minimum atomic E-state index is 0.272. The molecule has 1 aromatic rings. The molecule has 1 fully saturated rings. The maximum atomic E-state index is 12.5. The quantitative estimate of drug-likeness (QED) is 0.768. The summed E-state index contributed by atoms with van der Waals surface area (Å²) in [5, 5.41) is 0. The van der Waals surface area contributed by atoms with Crippen LogP contribution in [-0.4, -0.2) is 29.3 Å². The zero-order valence-corrected chi connectivity index (χ0v) is 12.6. The van der Waals surface area contributed by atoms with Crippen molar-refractivity contribution < 1.29 is 4.79 Å². The van der Waals surface area contributed by atoms with Crippen molar-refractivity contribution in [2.24, 2.45) is 0 Å². The molecule has 2 unspecified atom stereocenters. The van der Waals surface area contributed by atoms with Crippen LogP contribution in [-0.2, 0) is 0 Å². The molecule has 1 heterocycles. The highest BCUT2D eigenvalue weighted by Crippen LogP contribution is 2.26. The second-order valence-corrected chi connectivity index (χ2v) is 5.90. The van der Waals surface area contributed by atoms with Crippen molar-refractivity contribution in [2.45, 2.75) is 59.0 Å². The summed E-state index contributed by atoms with van der Waals surface area (Å²) in [4.78, 5) is 14.9. The van der Waals surface area contributed by atoms with Gasteiger partial charge in [-0.25, -0.2) is 0 Å². The van der Waals surface area contributed by atoms with Crippen molar-refractivity contribution in [3.05, 3.63) is 34.9 Å². The molecule has 1 aliphatic heterocycles. The highest BCUT2D eigenvalue weighted by molar-refractivity contribution is 5.99. The molecule has 19 heavy (non-hydrogen) atoms. The topological polar surface area (TPSA) is 20.3 Å². The Morgan fingerprint density at radius 1 is 1.32 bits per heavy atom. The zero-order valence-electron chi connectivity index (χ0n) is 12.6. The first-order chi connectivity index (χ1) is 9.02. The van der Waals surface area contributed by atoms with Crippen LogP contribution in [0.1, 0.15) is 54.6 Å². The molecule has 2 heteroatoms. The first kappa shape index (κ1) is 14.3. The molecule has 0 saturated carbocycles. The van der Waals surface area contributed by atoms with Crippen molar-refractivity contribution in [3.63, 3.8) is 0 Å². The second kappa shape index (κ2) is 5.87. The summed E-state index contributed by atoms with van der Waals surface area (Å²) in [6, 6.07) is 7.27. The predicted octanol–water partition coefficient (Wildman–Crippen LogP) is 3.75. The number of likely N-dealkylation sites (tertiary alicyclic amines) is 1. The van der Waals surface area contributed by atoms with E-state index in [0.717, 1.165) is 23.1 Å². The number of aryl methyl sites for hydroxylation is 2. The number of carbonyl (C=O) groups is 1. The van der Waals surface area contributed by atoms with Gasteiger partial charge in [-0.15, -0.1) is 0 Å². The summed E-state index contributed by atoms with van der Waals surface area (Å²) in [5.74, 6) is 0.272. The van der Waals surface area contributed by atoms with Gasteiger partial charge in [-0.1, -0.05) is 24.6 Å². The van der Waals surface area contributed by atoms with Crippen LogP contribution in [0.4, 0.5) is 0 Å². The Balaban J connectivity index is 2.14. The highest BCUT2D eigenvalue weighted by Gasteiger charge is 2.30. The van der Waals surface area contributed by atoms with E-state index in [0.29, 0.717) is 18.6 Å². The summed E-state index contributed by atoms with van der Waals surface area (Å²) >= 11 is 0. The third kappa shape index (κ3) is 3.06. The number of rotatable bonds is 4. The van der Waals surface area contributed by atoms with Crippen molar-refractivity contribution in [3.8, 4) is 0 Å². The fourth-order valence-corrected chi connectivity index (χ4v) is 3.14. The van der Waals surface area contributed by atoms with Crippen LogP contribution < -0.4 is 0 Å². The van der Waals surface area contributed by atoms with E-state index >= 15 is 0 Å². The van der Waals surface area contributed by atoms with Gasteiger partial charge < -0.3 is 0 Å². The van der Waals surface area contributed by atoms with Gasteiger partial charge in [-0.2, -0.15) is 0 Å². The maximum Gasteiger partial charge on any atom is 0.177 e. The lowest BCUT2D eigenvalue weighted by Crippen LogP contribution is -2.38. The van der Waals surface area contributed by atoms with Gasteiger partial charge in [0.15, 0.2) is 5.78 Å². The Kier molecular flexibility index (Phi) is 4.41. The number of hydrogen-bond acceptors (Lipinski definition) is 2. The van der Waals surface area contributed by atoms with Crippen LogP contribution in [0.2, 0.25) is 0 Å². The van der Waals surface area contributed by atoms with Gasteiger partial charge >= 0.3 is 0 Å². The van der Waals surface area contributed by atoms with E-state index in [4.69, 9.17) is 0 Å². The van der Waals surface area contributed by atoms with E-state index in [1.165, 1.54) is 12.8 Å². The SMILES string of the molecule is CCC1CCC(C)N1CC(=O)c1cc(C)ccc1C. The molecule has 2 atom stereocenters. The number of nitrogens with zero attached hydrogens (tertiary/aromatic N) is 1. The average Bonchev–Trinajstić information content (AvgIpc) is 2.73. The molecule has 1 aromatic carbocycles. The molecule has 1 saturated heterocycles. The van der Waals surface area contributed by atoms with Crippen molar-refractivity contribution >= 4 is 5.78 Å². The van der Waals surface area contributed by atoms with Gasteiger partial charge in [0.1, 0.15) is 0 Å². The Morgan fingerprint density at radius 2 is 2.05 bits per heavy atom. The van der Waals surface area contributed by atoms with Gasteiger partial charge in [0.2, 0.25) is 0 Å². The van der Waals surface area contributed by atoms with E-state index in [9.17, 15) is 4.79 Å². The lowest BCUT2D eigenvalue weighted by atomic mass is 10.0. The Morgan fingerprint density at radius 3 is 2.74 bits per heavy atom. The number of carbonyl (C=O) groups excluding carboxylic acids is 1. The molecule has 1 aliphatic rings. The third-order valence-electron chi connectivity index (χ3n) is 4.44. The summed E-state index contributed by atoms with van der Waals surface area (Å²) < 4.78 is 0. The molecular weight excluding hydrogens is 234 g/mol. The number of benzene rings is 1. The molecule has 0 aromatic heterocycles. The van der Waals surface area contributed by atoms with Gasteiger partial charge in [0.25, 0.3) is 0 Å². The van der Waals surface area contributed by atoms with E-state index in [1.807, 2.05) is 26.0 Å². The molecule has 0 radical (unpaired) electrons. The Hall–Kier alpha value is -1.15. The first-order valence-corrected chi connectivity index (χ1v) is 7.39. The van der Waals surface area contributed by atoms with Gasteiger partial charge in [-0.3, -0.25) is 9.69 Å². The van der Waals surface area contributed by atoms with Gasteiger partial charge in [-0.05, 0) is 51.7 Å². The summed E-state index contributed by atoms with van der Waals surface area (Å²) in [5.41, 5.74) is 3.15. The molecule has 0 bridgehead atoms. The molecule has 2 rings (SSSR count). The smallest absolute Gasteiger partial charge is 0.177 e. The van der Waals surface area contributed by atoms with Crippen molar-refractivity contribution in [1.29, 1.82) is 0 Å². The van der Waals surface area contributed by atoms with Crippen molar-refractivity contribution in [2.75, 3.05) is 6.54 Å². The summed E-state index contributed by atoms with van der Waals surface area (Å²) in [6.45, 7) is 9.11. The molecule has 0 amide bonds. The fourth-order valence-electron chi connectivity index (χ4n) is 3.14.